The van der Waals surface area contributed by atoms with E-state index >= 15 is 0 Å². The van der Waals surface area contributed by atoms with Crippen LogP contribution in [-0.4, -0.2) is 20.6 Å². The summed E-state index contributed by atoms with van der Waals surface area (Å²) >= 11 is 1.71. The molecule has 0 radical (unpaired) electrons. The predicted octanol–water partition coefficient (Wildman–Crippen LogP) is 2.90. The molecule has 1 N–H and O–H groups in total. The maximum atomic E-state index is 4.54. The van der Waals surface area contributed by atoms with E-state index in [1.165, 1.54) is 25.0 Å². The summed E-state index contributed by atoms with van der Waals surface area (Å²) < 4.78 is 2.23. The first-order valence-corrected chi connectivity index (χ1v) is 7.77. The zero-order valence-corrected chi connectivity index (χ0v) is 12.3. The third-order valence-corrected chi connectivity index (χ3v) is 4.54. The number of rotatable bonds is 3. The molecule has 3 heterocycles. The average Bonchev–Trinajstić information content (AvgIpc) is 2.99. The Morgan fingerprint density at radius 3 is 3.11 bits per heavy atom. The van der Waals surface area contributed by atoms with Gasteiger partial charge in [-0.1, -0.05) is 0 Å². The molecule has 0 spiro atoms. The molecule has 1 aliphatic rings. The summed E-state index contributed by atoms with van der Waals surface area (Å²) in [6, 6.07) is 1.04. The van der Waals surface area contributed by atoms with E-state index in [-0.39, 0.29) is 0 Å². The lowest BCUT2D eigenvalue weighted by Crippen LogP contribution is -2.35. The zero-order valence-electron chi connectivity index (χ0n) is 11.5. The molecule has 0 saturated carbocycles. The van der Waals surface area contributed by atoms with Crippen LogP contribution in [0, 0.1) is 6.92 Å². The van der Waals surface area contributed by atoms with Crippen molar-refractivity contribution in [2.45, 2.75) is 51.7 Å². The molecule has 1 saturated heterocycles. The van der Waals surface area contributed by atoms with Gasteiger partial charge in [-0.3, -0.25) is 0 Å². The molecule has 2 aromatic heterocycles. The highest BCUT2D eigenvalue weighted by atomic mass is 32.1. The van der Waals surface area contributed by atoms with Crippen molar-refractivity contribution >= 4 is 11.3 Å². The highest BCUT2D eigenvalue weighted by molar-refractivity contribution is 7.09. The topological polar surface area (TPSA) is 42.7 Å². The highest BCUT2D eigenvalue weighted by Gasteiger charge is 2.22. The Labute approximate surface area is 117 Å². The molecular formula is C14H20N4S. The van der Waals surface area contributed by atoms with Gasteiger partial charge in [-0.15, -0.1) is 11.3 Å². The molecule has 3 rings (SSSR count). The molecule has 0 amide bonds. The van der Waals surface area contributed by atoms with E-state index < -0.39 is 0 Å². The van der Waals surface area contributed by atoms with Crippen molar-refractivity contribution in [1.82, 2.24) is 19.9 Å². The molecule has 1 aliphatic heterocycles. The van der Waals surface area contributed by atoms with Crippen molar-refractivity contribution in [1.29, 1.82) is 0 Å². The lowest BCUT2D eigenvalue weighted by Gasteiger charge is -2.29. The minimum atomic E-state index is 0.436. The molecule has 0 aliphatic carbocycles. The molecule has 0 aromatic carbocycles. The molecular weight excluding hydrogens is 256 g/mol. The first kappa shape index (κ1) is 12.8. The summed E-state index contributed by atoms with van der Waals surface area (Å²) in [5, 5.41) is 6.93. The zero-order chi connectivity index (χ0) is 13.2. The standard InChI is InChI=1S/C14H20N4S/c1-10-4-3-5-13(16-10)14-6-15-9-18(14)7-12-8-19-11(2)17-12/h6,8-10,13,16H,3-5,7H2,1-2H3. The van der Waals surface area contributed by atoms with Crippen molar-refractivity contribution in [3.05, 3.63) is 34.3 Å². The van der Waals surface area contributed by atoms with Crippen LogP contribution in [0.1, 0.15) is 48.6 Å². The van der Waals surface area contributed by atoms with E-state index in [0.717, 1.165) is 17.2 Å². The van der Waals surface area contributed by atoms with Crippen molar-refractivity contribution in [2.75, 3.05) is 0 Å². The molecule has 2 atom stereocenters. The number of nitrogens with zero attached hydrogens (tertiary/aromatic N) is 3. The van der Waals surface area contributed by atoms with Crippen molar-refractivity contribution in [3.8, 4) is 0 Å². The fourth-order valence-corrected chi connectivity index (χ4v) is 3.38. The van der Waals surface area contributed by atoms with Crippen molar-refractivity contribution < 1.29 is 0 Å². The van der Waals surface area contributed by atoms with Crippen LogP contribution in [-0.2, 0) is 6.54 Å². The summed E-state index contributed by atoms with van der Waals surface area (Å²) in [7, 11) is 0. The summed E-state index contributed by atoms with van der Waals surface area (Å²) in [5.74, 6) is 0. The first-order chi connectivity index (χ1) is 9.22. The second-order valence-electron chi connectivity index (χ2n) is 5.36. The van der Waals surface area contributed by atoms with Gasteiger partial charge < -0.3 is 9.88 Å². The number of imidazole rings is 1. The number of aromatic nitrogens is 3. The van der Waals surface area contributed by atoms with E-state index in [1.807, 2.05) is 19.4 Å². The molecule has 5 heteroatoms. The van der Waals surface area contributed by atoms with Gasteiger partial charge >= 0.3 is 0 Å². The fourth-order valence-electron chi connectivity index (χ4n) is 2.78. The number of piperidine rings is 1. The van der Waals surface area contributed by atoms with Gasteiger partial charge in [0.25, 0.3) is 0 Å². The summed E-state index contributed by atoms with van der Waals surface area (Å²) in [4.78, 5) is 8.86. The monoisotopic (exact) mass is 276 g/mol. The van der Waals surface area contributed by atoms with Crippen molar-refractivity contribution in [2.24, 2.45) is 0 Å². The minimum Gasteiger partial charge on any atom is -0.327 e. The molecule has 2 unspecified atom stereocenters. The highest BCUT2D eigenvalue weighted by Crippen LogP contribution is 2.25. The second kappa shape index (κ2) is 5.43. The Balaban J connectivity index is 1.78. The number of hydrogen-bond donors (Lipinski definition) is 1. The van der Waals surface area contributed by atoms with Crippen molar-refractivity contribution in [3.63, 3.8) is 0 Å². The molecule has 19 heavy (non-hydrogen) atoms. The molecule has 4 nitrogen and oxygen atoms in total. The van der Waals surface area contributed by atoms with E-state index in [2.05, 4.69) is 32.2 Å². The smallest absolute Gasteiger partial charge is 0.0952 e. The van der Waals surface area contributed by atoms with Gasteiger partial charge in [0, 0.05) is 23.7 Å². The van der Waals surface area contributed by atoms with Crippen LogP contribution in [0.15, 0.2) is 17.9 Å². The van der Waals surface area contributed by atoms with E-state index in [9.17, 15) is 0 Å². The lowest BCUT2D eigenvalue weighted by atomic mass is 9.97. The van der Waals surface area contributed by atoms with Crippen LogP contribution >= 0.6 is 11.3 Å². The van der Waals surface area contributed by atoms with Crippen LogP contribution in [0.3, 0.4) is 0 Å². The largest absolute Gasteiger partial charge is 0.327 e. The Morgan fingerprint density at radius 1 is 1.47 bits per heavy atom. The fraction of sp³-hybridized carbons (Fsp3) is 0.571. The van der Waals surface area contributed by atoms with E-state index in [1.54, 1.807) is 11.3 Å². The van der Waals surface area contributed by atoms with Crippen LogP contribution in [0.5, 0.6) is 0 Å². The second-order valence-corrected chi connectivity index (χ2v) is 6.42. The van der Waals surface area contributed by atoms with Crippen LogP contribution < -0.4 is 5.32 Å². The van der Waals surface area contributed by atoms with E-state index in [0.29, 0.717) is 12.1 Å². The van der Waals surface area contributed by atoms with Gasteiger partial charge in [-0.2, -0.15) is 0 Å². The number of hydrogen-bond acceptors (Lipinski definition) is 4. The normalized spacial score (nSPS) is 23.7. The molecule has 1 fully saturated rings. The van der Waals surface area contributed by atoms with Gasteiger partial charge in [-0.25, -0.2) is 9.97 Å². The predicted molar refractivity (Wildman–Crippen MR) is 77.4 cm³/mol. The molecule has 0 bridgehead atoms. The Bertz CT molecular complexity index is 545. The lowest BCUT2D eigenvalue weighted by molar-refractivity contribution is 0.330. The van der Waals surface area contributed by atoms with Gasteiger partial charge in [0.05, 0.1) is 29.3 Å². The maximum Gasteiger partial charge on any atom is 0.0952 e. The summed E-state index contributed by atoms with van der Waals surface area (Å²) in [6.07, 6.45) is 7.68. The van der Waals surface area contributed by atoms with Crippen LogP contribution in [0.2, 0.25) is 0 Å². The number of nitrogens with one attached hydrogen (secondary N) is 1. The average molecular weight is 276 g/mol. The maximum absolute atomic E-state index is 4.54. The Morgan fingerprint density at radius 2 is 2.37 bits per heavy atom. The van der Waals surface area contributed by atoms with Gasteiger partial charge in [0.2, 0.25) is 0 Å². The number of thiazole rings is 1. The van der Waals surface area contributed by atoms with Gasteiger partial charge in [0.1, 0.15) is 0 Å². The minimum absolute atomic E-state index is 0.436. The summed E-state index contributed by atoms with van der Waals surface area (Å²) in [6.45, 7) is 5.14. The van der Waals surface area contributed by atoms with Crippen LogP contribution in [0.25, 0.3) is 0 Å². The Hall–Kier alpha value is -1.20. The molecule has 102 valence electrons. The first-order valence-electron chi connectivity index (χ1n) is 6.89. The number of aryl methyl sites for hydroxylation is 1. The van der Waals surface area contributed by atoms with Gasteiger partial charge in [-0.05, 0) is 33.1 Å². The molecule has 2 aromatic rings. The van der Waals surface area contributed by atoms with E-state index in [4.69, 9.17) is 0 Å². The third kappa shape index (κ3) is 2.87. The van der Waals surface area contributed by atoms with Gasteiger partial charge in [0.15, 0.2) is 0 Å². The SMILES string of the molecule is Cc1nc(Cn2cncc2C2CCCC(C)N2)cs1. The van der Waals surface area contributed by atoms with Crippen LogP contribution in [0.4, 0.5) is 0 Å². The third-order valence-electron chi connectivity index (χ3n) is 3.72. The quantitative estimate of drug-likeness (QED) is 0.937. The Kier molecular flexibility index (Phi) is 3.66. The summed E-state index contributed by atoms with van der Waals surface area (Å²) in [5.41, 5.74) is 2.42.